The number of hydrogen-bond acceptors (Lipinski definition) is 2. The zero-order valence-electron chi connectivity index (χ0n) is 9.76. The lowest BCUT2D eigenvalue weighted by molar-refractivity contribution is 0.0626. The molecule has 0 saturated heterocycles. The van der Waals surface area contributed by atoms with E-state index in [-0.39, 0.29) is 12.1 Å². The molecule has 90 valence electrons. The van der Waals surface area contributed by atoms with Gasteiger partial charge in [0, 0.05) is 0 Å². The van der Waals surface area contributed by atoms with Gasteiger partial charge in [0.15, 0.2) is 0 Å². The van der Waals surface area contributed by atoms with Gasteiger partial charge in [0.1, 0.15) is 0 Å². The lowest BCUT2D eigenvalue weighted by Crippen LogP contribution is -2.23. The van der Waals surface area contributed by atoms with Crippen LogP contribution in [0.5, 0.6) is 0 Å². The van der Waals surface area contributed by atoms with Crippen LogP contribution in [0.2, 0.25) is 10.0 Å². The Labute approximate surface area is 107 Å². The third-order valence-corrected chi connectivity index (χ3v) is 3.03. The van der Waals surface area contributed by atoms with Crippen LogP contribution in [0.25, 0.3) is 0 Å². The van der Waals surface area contributed by atoms with E-state index >= 15 is 0 Å². The minimum Gasteiger partial charge on any atom is -0.377 e. The Bertz CT molecular complexity index is 342. The summed E-state index contributed by atoms with van der Waals surface area (Å²) in [5.41, 5.74) is 1.08. The highest BCUT2D eigenvalue weighted by Gasteiger charge is 2.11. The van der Waals surface area contributed by atoms with Crippen molar-refractivity contribution in [3.05, 3.63) is 33.8 Å². The molecular weight excluding hydrogens is 245 g/mol. The van der Waals surface area contributed by atoms with Crippen LogP contribution in [0.4, 0.5) is 0 Å². The molecular formula is C12H17Cl2NO. The number of hydrogen-bond donors (Lipinski definition) is 1. The van der Waals surface area contributed by atoms with Crippen molar-refractivity contribution in [2.24, 2.45) is 0 Å². The molecule has 1 aromatic rings. The van der Waals surface area contributed by atoms with Gasteiger partial charge in [0.2, 0.25) is 0 Å². The maximum Gasteiger partial charge on any atom is 0.0664 e. The predicted molar refractivity (Wildman–Crippen MR) is 69.4 cm³/mol. The molecule has 1 aromatic carbocycles. The Hall–Kier alpha value is -0.280. The molecule has 0 heterocycles. The van der Waals surface area contributed by atoms with Gasteiger partial charge in [-0.3, -0.25) is 0 Å². The van der Waals surface area contributed by atoms with Crippen LogP contribution in [0.15, 0.2) is 18.2 Å². The molecule has 0 aromatic heterocycles. The fraction of sp³-hybridized carbons (Fsp3) is 0.500. The smallest absolute Gasteiger partial charge is 0.0664 e. The van der Waals surface area contributed by atoms with E-state index in [1.165, 1.54) is 0 Å². The zero-order valence-corrected chi connectivity index (χ0v) is 11.3. The molecule has 0 amide bonds. The SMILES string of the molecule is CNC(COC(C)C)c1ccc(Cl)c(Cl)c1. The lowest BCUT2D eigenvalue weighted by atomic mass is 10.1. The maximum atomic E-state index is 5.98. The van der Waals surface area contributed by atoms with E-state index in [1.807, 2.05) is 33.0 Å². The monoisotopic (exact) mass is 261 g/mol. The third kappa shape index (κ3) is 3.95. The molecule has 1 rings (SSSR count). The lowest BCUT2D eigenvalue weighted by Gasteiger charge is -2.18. The van der Waals surface area contributed by atoms with Crippen LogP contribution in [-0.4, -0.2) is 19.8 Å². The molecule has 0 bridgehead atoms. The molecule has 2 nitrogen and oxygen atoms in total. The van der Waals surface area contributed by atoms with Gasteiger partial charge in [0.25, 0.3) is 0 Å². The summed E-state index contributed by atoms with van der Waals surface area (Å²) in [7, 11) is 1.90. The van der Waals surface area contributed by atoms with Gasteiger partial charge in [0.05, 0.1) is 28.8 Å². The molecule has 0 aliphatic carbocycles. The van der Waals surface area contributed by atoms with Gasteiger partial charge in [-0.2, -0.15) is 0 Å². The molecule has 1 atom stereocenters. The zero-order chi connectivity index (χ0) is 12.1. The molecule has 0 spiro atoms. The second-order valence-electron chi connectivity index (χ2n) is 3.90. The standard InChI is InChI=1S/C12H17Cl2NO/c1-8(2)16-7-12(15-3)9-4-5-10(13)11(14)6-9/h4-6,8,12,15H,7H2,1-3H3. The summed E-state index contributed by atoms with van der Waals surface area (Å²) in [6.45, 7) is 4.65. The minimum atomic E-state index is 0.136. The highest BCUT2D eigenvalue weighted by molar-refractivity contribution is 6.42. The normalized spacial score (nSPS) is 13.1. The first-order valence-corrected chi connectivity index (χ1v) is 6.04. The average molecular weight is 262 g/mol. The Morgan fingerprint density at radius 2 is 1.94 bits per heavy atom. The van der Waals surface area contributed by atoms with Crippen LogP contribution in [0, 0.1) is 0 Å². The van der Waals surface area contributed by atoms with E-state index in [4.69, 9.17) is 27.9 Å². The van der Waals surface area contributed by atoms with Crippen LogP contribution >= 0.6 is 23.2 Å². The van der Waals surface area contributed by atoms with Crippen molar-refractivity contribution in [2.45, 2.75) is 26.0 Å². The van der Waals surface area contributed by atoms with Gasteiger partial charge in [-0.15, -0.1) is 0 Å². The highest BCUT2D eigenvalue weighted by atomic mass is 35.5. The van der Waals surface area contributed by atoms with Crippen molar-refractivity contribution in [1.82, 2.24) is 5.32 Å². The van der Waals surface area contributed by atoms with Crippen molar-refractivity contribution in [1.29, 1.82) is 0 Å². The van der Waals surface area contributed by atoms with Crippen molar-refractivity contribution in [2.75, 3.05) is 13.7 Å². The molecule has 0 aliphatic heterocycles. The van der Waals surface area contributed by atoms with Gasteiger partial charge >= 0.3 is 0 Å². The molecule has 0 aliphatic rings. The summed E-state index contributed by atoms with van der Waals surface area (Å²) < 4.78 is 5.58. The van der Waals surface area contributed by atoms with E-state index in [9.17, 15) is 0 Å². The molecule has 0 fully saturated rings. The summed E-state index contributed by atoms with van der Waals surface area (Å²) in [4.78, 5) is 0. The number of ether oxygens (including phenoxy) is 1. The largest absolute Gasteiger partial charge is 0.377 e. The van der Waals surface area contributed by atoms with Crippen LogP contribution in [-0.2, 0) is 4.74 Å². The van der Waals surface area contributed by atoms with Crippen molar-refractivity contribution in [3.8, 4) is 0 Å². The summed E-state index contributed by atoms with van der Waals surface area (Å²) in [5.74, 6) is 0. The van der Waals surface area contributed by atoms with Gasteiger partial charge < -0.3 is 10.1 Å². The van der Waals surface area contributed by atoms with Gasteiger partial charge in [-0.1, -0.05) is 29.3 Å². The van der Waals surface area contributed by atoms with E-state index in [0.717, 1.165) is 5.56 Å². The number of nitrogens with one attached hydrogen (secondary N) is 1. The fourth-order valence-corrected chi connectivity index (χ4v) is 1.67. The second-order valence-corrected chi connectivity index (χ2v) is 4.71. The van der Waals surface area contributed by atoms with Crippen molar-refractivity contribution >= 4 is 23.2 Å². The third-order valence-electron chi connectivity index (χ3n) is 2.29. The summed E-state index contributed by atoms with van der Waals surface area (Å²) >= 11 is 11.8. The predicted octanol–water partition coefficient (Wildman–Crippen LogP) is 3.68. The van der Waals surface area contributed by atoms with E-state index in [1.54, 1.807) is 6.07 Å². The number of benzene rings is 1. The Morgan fingerprint density at radius 3 is 2.44 bits per heavy atom. The molecule has 1 N–H and O–H groups in total. The van der Waals surface area contributed by atoms with Crippen LogP contribution in [0.1, 0.15) is 25.5 Å². The van der Waals surface area contributed by atoms with Crippen molar-refractivity contribution in [3.63, 3.8) is 0 Å². The van der Waals surface area contributed by atoms with E-state index < -0.39 is 0 Å². The molecule has 4 heteroatoms. The highest BCUT2D eigenvalue weighted by Crippen LogP contribution is 2.25. The van der Waals surface area contributed by atoms with Gasteiger partial charge in [-0.05, 0) is 38.6 Å². The fourth-order valence-electron chi connectivity index (χ4n) is 1.36. The average Bonchev–Trinajstić information content (AvgIpc) is 2.23. The Kier molecular flexibility index (Phi) is 5.56. The van der Waals surface area contributed by atoms with E-state index in [0.29, 0.717) is 16.7 Å². The Morgan fingerprint density at radius 1 is 1.25 bits per heavy atom. The van der Waals surface area contributed by atoms with Crippen molar-refractivity contribution < 1.29 is 4.74 Å². The summed E-state index contributed by atoms with van der Waals surface area (Å²) in [5, 5.41) is 4.34. The minimum absolute atomic E-state index is 0.136. The molecule has 1 unspecified atom stereocenters. The second kappa shape index (κ2) is 6.45. The Balaban J connectivity index is 2.74. The van der Waals surface area contributed by atoms with E-state index in [2.05, 4.69) is 5.32 Å². The molecule has 0 radical (unpaired) electrons. The number of likely N-dealkylation sites (N-methyl/N-ethyl adjacent to an activating group) is 1. The molecule has 0 saturated carbocycles. The maximum absolute atomic E-state index is 5.98. The first kappa shape index (κ1) is 13.8. The topological polar surface area (TPSA) is 21.3 Å². The number of halogens is 2. The number of rotatable bonds is 5. The summed E-state index contributed by atoms with van der Waals surface area (Å²) in [6, 6.07) is 5.77. The summed E-state index contributed by atoms with van der Waals surface area (Å²) in [6.07, 6.45) is 0.221. The van der Waals surface area contributed by atoms with Crippen LogP contribution < -0.4 is 5.32 Å². The van der Waals surface area contributed by atoms with Crippen LogP contribution in [0.3, 0.4) is 0 Å². The first-order valence-electron chi connectivity index (χ1n) is 5.28. The molecule has 16 heavy (non-hydrogen) atoms. The van der Waals surface area contributed by atoms with Gasteiger partial charge in [-0.25, -0.2) is 0 Å². The first-order chi connectivity index (χ1) is 7.54. The quantitative estimate of drug-likeness (QED) is 0.874.